The fourth-order valence-electron chi connectivity index (χ4n) is 4.00. The van der Waals surface area contributed by atoms with Gasteiger partial charge in [-0.2, -0.15) is 0 Å². The summed E-state index contributed by atoms with van der Waals surface area (Å²) in [5, 5.41) is 9.80. The number of nitrogens with zero attached hydrogens (tertiary/aromatic N) is 2. The van der Waals surface area contributed by atoms with Crippen LogP contribution < -0.4 is 24.4 Å². The number of rotatable bonds is 7. The van der Waals surface area contributed by atoms with Gasteiger partial charge in [-0.25, -0.2) is 9.79 Å². The third-order valence-corrected chi connectivity index (χ3v) is 7.21. The summed E-state index contributed by atoms with van der Waals surface area (Å²) in [7, 11) is 1.55. The van der Waals surface area contributed by atoms with Crippen molar-refractivity contribution in [2.75, 3.05) is 20.3 Å². The molecule has 36 heavy (non-hydrogen) atoms. The van der Waals surface area contributed by atoms with Crippen LogP contribution in [0, 0.1) is 0 Å². The smallest absolute Gasteiger partial charge is 0.338 e. The molecule has 8 nitrogen and oxygen atoms in total. The van der Waals surface area contributed by atoms with Gasteiger partial charge in [0.2, 0.25) is 0 Å². The molecule has 2 aromatic carbocycles. The van der Waals surface area contributed by atoms with Crippen LogP contribution in [0.1, 0.15) is 37.9 Å². The molecule has 1 aliphatic rings. The van der Waals surface area contributed by atoms with E-state index in [1.54, 1.807) is 63.4 Å². The number of fused-ring (bicyclic) bond motifs is 1. The normalized spacial score (nSPS) is 15.4. The number of carbonyl (C=O) groups excluding carboxylic acids is 1. The predicted molar refractivity (Wildman–Crippen MR) is 140 cm³/mol. The third kappa shape index (κ3) is 4.83. The Labute approximate surface area is 219 Å². The molecule has 1 aromatic heterocycles. The summed E-state index contributed by atoms with van der Waals surface area (Å²) in [6.07, 6.45) is 1.73. The van der Waals surface area contributed by atoms with Crippen molar-refractivity contribution < 1.29 is 24.1 Å². The summed E-state index contributed by atoms with van der Waals surface area (Å²) in [6, 6.07) is 9.55. The van der Waals surface area contributed by atoms with Crippen LogP contribution in [0.4, 0.5) is 0 Å². The zero-order valence-electron chi connectivity index (χ0n) is 20.2. The number of ether oxygens (including phenoxy) is 3. The lowest BCUT2D eigenvalue weighted by atomic mass is 9.95. The van der Waals surface area contributed by atoms with E-state index in [2.05, 4.69) is 20.9 Å². The van der Waals surface area contributed by atoms with Crippen LogP contribution in [0.5, 0.6) is 17.2 Å². The molecule has 1 atom stereocenters. The standard InChI is InChI=1S/C26H25BrN2O6S/c1-5-34-20-13-16(8-10-19(20)33-4)23-22(25(32)35-6-2)14(3)28-26-29(23)24(31)21(36-26)12-15-7-9-18(30)17(27)11-15/h7-13,23,30H,5-6H2,1-4H3/b21-12-/t23-/m0/s1. The van der Waals surface area contributed by atoms with Gasteiger partial charge in [0, 0.05) is 0 Å². The number of hydrogen-bond acceptors (Lipinski definition) is 8. The van der Waals surface area contributed by atoms with Crippen LogP contribution in [-0.4, -0.2) is 36.0 Å². The first-order valence-corrected chi connectivity index (χ1v) is 12.9. The maximum Gasteiger partial charge on any atom is 0.338 e. The van der Waals surface area contributed by atoms with E-state index in [9.17, 15) is 14.7 Å². The van der Waals surface area contributed by atoms with Crippen molar-refractivity contribution in [3.8, 4) is 17.2 Å². The van der Waals surface area contributed by atoms with E-state index in [-0.39, 0.29) is 23.5 Å². The molecule has 1 N–H and O–H groups in total. The van der Waals surface area contributed by atoms with Gasteiger partial charge < -0.3 is 19.3 Å². The molecule has 0 aliphatic carbocycles. The molecule has 0 saturated heterocycles. The number of allylic oxidation sites excluding steroid dienone is 1. The second-order valence-corrected chi connectivity index (χ2v) is 9.72. The highest BCUT2D eigenvalue weighted by Gasteiger charge is 2.34. The first-order valence-electron chi connectivity index (χ1n) is 11.3. The van der Waals surface area contributed by atoms with Crippen molar-refractivity contribution in [2.24, 2.45) is 4.99 Å². The van der Waals surface area contributed by atoms with Crippen molar-refractivity contribution in [3.63, 3.8) is 0 Å². The molecule has 0 radical (unpaired) electrons. The molecule has 0 spiro atoms. The van der Waals surface area contributed by atoms with Crippen molar-refractivity contribution in [1.29, 1.82) is 0 Å². The minimum atomic E-state index is -0.765. The highest BCUT2D eigenvalue weighted by Crippen LogP contribution is 2.36. The molecule has 0 saturated carbocycles. The van der Waals surface area contributed by atoms with Crippen LogP contribution in [0.2, 0.25) is 0 Å². The van der Waals surface area contributed by atoms with Gasteiger partial charge in [-0.3, -0.25) is 9.36 Å². The largest absolute Gasteiger partial charge is 0.507 e. The highest BCUT2D eigenvalue weighted by atomic mass is 79.9. The van der Waals surface area contributed by atoms with Crippen LogP contribution in [0.3, 0.4) is 0 Å². The zero-order valence-corrected chi connectivity index (χ0v) is 22.6. The molecule has 0 amide bonds. The fourth-order valence-corrected chi connectivity index (χ4v) is 5.45. The number of methoxy groups -OCH3 is 1. The molecule has 0 bridgehead atoms. The Morgan fingerprint density at radius 3 is 2.64 bits per heavy atom. The Morgan fingerprint density at radius 2 is 1.97 bits per heavy atom. The number of halogens is 1. The number of phenolic OH excluding ortho intramolecular Hbond substituents is 1. The van der Waals surface area contributed by atoms with Gasteiger partial charge in [-0.1, -0.05) is 23.5 Å². The molecular formula is C26H25BrN2O6S. The quantitative estimate of drug-likeness (QED) is 0.434. The highest BCUT2D eigenvalue weighted by molar-refractivity contribution is 9.10. The van der Waals surface area contributed by atoms with Gasteiger partial charge in [0.1, 0.15) is 5.75 Å². The van der Waals surface area contributed by atoms with Crippen LogP contribution >= 0.6 is 27.3 Å². The minimum absolute atomic E-state index is 0.105. The Balaban J connectivity index is 1.96. The average Bonchev–Trinajstić information content (AvgIpc) is 3.15. The van der Waals surface area contributed by atoms with Crippen molar-refractivity contribution in [3.05, 3.63) is 83.0 Å². The zero-order chi connectivity index (χ0) is 26.0. The van der Waals surface area contributed by atoms with Gasteiger partial charge in [-0.05, 0) is 78.2 Å². The summed E-state index contributed by atoms with van der Waals surface area (Å²) in [6.45, 7) is 5.94. The lowest BCUT2D eigenvalue weighted by Gasteiger charge is -2.25. The molecule has 3 aromatic rings. The third-order valence-electron chi connectivity index (χ3n) is 5.59. The Hall–Kier alpha value is -3.37. The van der Waals surface area contributed by atoms with E-state index in [0.717, 1.165) is 5.56 Å². The van der Waals surface area contributed by atoms with Gasteiger partial charge in [-0.15, -0.1) is 0 Å². The number of esters is 1. The number of thiazole rings is 1. The second kappa shape index (κ2) is 10.7. The molecule has 10 heteroatoms. The molecule has 188 valence electrons. The molecule has 1 aliphatic heterocycles. The van der Waals surface area contributed by atoms with Gasteiger partial charge in [0.25, 0.3) is 5.56 Å². The van der Waals surface area contributed by atoms with Gasteiger partial charge >= 0.3 is 5.97 Å². The lowest BCUT2D eigenvalue weighted by Crippen LogP contribution is -2.40. The molecular weight excluding hydrogens is 548 g/mol. The summed E-state index contributed by atoms with van der Waals surface area (Å²) in [5.74, 6) is 0.623. The van der Waals surface area contributed by atoms with E-state index in [4.69, 9.17) is 14.2 Å². The van der Waals surface area contributed by atoms with Crippen molar-refractivity contribution in [1.82, 2.24) is 4.57 Å². The van der Waals surface area contributed by atoms with Gasteiger partial charge in [0.05, 0.1) is 46.6 Å². The first-order chi connectivity index (χ1) is 17.3. The van der Waals surface area contributed by atoms with Crippen LogP contribution in [-0.2, 0) is 9.53 Å². The van der Waals surface area contributed by atoms with Crippen LogP contribution in [0.15, 0.2) is 61.9 Å². The molecule has 0 fully saturated rings. The van der Waals surface area contributed by atoms with E-state index in [0.29, 0.717) is 43.2 Å². The minimum Gasteiger partial charge on any atom is -0.507 e. The number of hydrogen-bond donors (Lipinski definition) is 1. The Kier molecular flexibility index (Phi) is 7.65. The topological polar surface area (TPSA) is 99.4 Å². The van der Waals surface area contributed by atoms with Gasteiger partial charge in [0.15, 0.2) is 16.3 Å². The number of aromatic hydroxyl groups is 1. The summed E-state index contributed by atoms with van der Waals surface area (Å²) in [4.78, 5) is 31.8. The number of benzene rings is 2. The lowest BCUT2D eigenvalue weighted by molar-refractivity contribution is -0.139. The first kappa shape index (κ1) is 25.7. The van der Waals surface area contributed by atoms with E-state index in [1.807, 2.05) is 6.92 Å². The van der Waals surface area contributed by atoms with Crippen molar-refractivity contribution >= 4 is 39.3 Å². The Bertz CT molecular complexity index is 1540. The van der Waals surface area contributed by atoms with E-state index >= 15 is 0 Å². The van der Waals surface area contributed by atoms with E-state index in [1.165, 1.54) is 15.9 Å². The SMILES string of the molecule is CCOC(=O)C1=C(C)N=c2s/c(=C\c3ccc(O)c(Br)c3)c(=O)n2[C@H]1c1ccc(OC)c(OCC)c1. The molecule has 2 heterocycles. The van der Waals surface area contributed by atoms with E-state index < -0.39 is 12.0 Å². The molecule has 4 rings (SSSR count). The van der Waals surface area contributed by atoms with Crippen LogP contribution in [0.25, 0.3) is 6.08 Å². The molecule has 0 unspecified atom stereocenters. The number of aromatic nitrogens is 1. The number of phenols is 1. The average molecular weight is 573 g/mol. The fraction of sp³-hybridized carbons (Fsp3) is 0.269. The summed E-state index contributed by atoms with van der Waals surface area (Å²) < 4.78 is 19.0. The maximum atomic E-state index is 13.7. The number of carbonyl (C=O) groups is 1. The monoisotopic (exact) mass is 572 g/mol. The maximum absolute atomic E-state index is 13.7. The summed E-state index contributed by atoms with van der Waals surface area (Å²) in [5.41, 5.74) is 1.86. The van der Waals surface area contributed by atoms with Crippen molar-refractivity contribution in [2.45, 2.75) is 26.8 Å². The Morgan fingerprint density at radius 1 is 1.19 bits per heavy atom. The second-order valence-electron chi connectivity index (χ2n) is 7.86. The predicted octanol–water partition coefficient (Wildman–Crippen LogP) is 3.67. The summed E-state index contributed by atoms with van der Waals surface area (Å²) >= 11 is 4.53.